The molecule has 8 nitrogen and oxygen atoms in total. The van der Waals surface area contributed by atoms with Crippen LogP contribution in [0.25, 0.3) is 0 Å². The van der Waals surface area contributed by atoms with E-state index in [0.717, 1.165) is 23.1 Å². The van der Waals surface area contributed by atoms with E-state index in [9.17, 15) is 9.59 Å². The minimum Gasteiger partial charge on any atom is -0.370 e. The molecular weight excluding hydrogens is 272 g/mol. The van der Waals surface area contributed by atoms with Crippen molar-refractivity contribution >= 4 is 5.82 Å². The molecule has 0 aliphatic rings. The minimum atomic E-state index is -0.586. The molecule has 2 aromatic heterocycles. The number of rotatable bonds is 5. The minimum absolute atomic E-state index is 0.0545. The van der Waals surface area contributed by atoms with Crippen molar-refractivity contribution in [3.8, 4) is 6.07 Å². The van der Waals surface area contributed by atoms with Gasteiger partial charge in [0.15, 0.2) is 5.56 Å². The molecule has 0 bridgehead atoms. The van der Waals surface area contributed by atoms with E-state index in [2.05, 4.69) is 15.5 Å². The molecule has 8 heteroatoms. The normalized spacial score (nSPS) is 10.3. The highest BCUT2D eigenvalue weighted by molar-refractivity contribution is 5.51. The Kier molecular flexibility index (Phi) is 4.23. The van der Waals surface area contributed by atoms with E-state index in [1.54, 1.807) is 6.20 Å². The Balaban J connectivity index is 2.15. The molecule has 2 rings (SSSR count). The Morgan fingerprint density at radius 1 is 1.38 bits per heavy atom. The third-order valence-corrected chi connectivity index (χ3v) is 3.25. The first kappa shape index (κ1) is 14.6. The first-order valence-corrected chi connectivity index (χ1v) is 6.48. The molecule has 2 heterocycles. The van der Waals surface area contributed by atoms with Gasteiger partial charge in [-0.2, -0.15) is 10.4 Å². The Morgan fingerprint density at radius 2 is 2.14 bits per heavy atom. The molecule has 0 radical (unpaired) electrons. The van der Waals surface area contributed by atoms with Gasteiger partial charge in [0, 0.05) is 32.5 Å². The smallest absolute Gasteiger partial charge is 0.332 e. The number of nitriles is 1. The van der Waals surface area contributed by atoms with E-state index < -0.39 is 11.2 Å². The third-order valence-electron chi connectivity index (χ3n) is 3.25. The van der Waals surface area contributed by atoms with E-state index in [-0.39, 0.29) is 11.4 Å². The second kappa shape index (κ2) is 6.09. The van der Waals surface area contributed by atoms with E-state index in [1.165, 1.54) is 18.7 Å². The summed E-state index contributed by atoms with van der Waals surface area (Å²) in [5.74, 6) is 0.259. The van der Waals surface area contributed by atoms with Gasteiger partial charge in [-0.05, 0) is 18.9 Å². The summed E-state index contributed by atoms with van der Waals surface area (Å²) in [6, 6.07) is 3.74. The number of nitrogens with zero attached hydrogens (tertiary/aromatic N) is 4. The molecule has 0 unspecified atom stereocenters. The molecular formula is C13H16N6O2. The van der Waals surface area contributed by atoms with E-state index in [1.807, 2.05) is 12.1 Å². The second-order valence-corrected chi connectivity index (χ2v) is 4.65. The summed E-state index contributed by atoms with van der Waals surface area (Å²) in [5.41, 5.74) is -0.0944. The predicted molar refractivity (Wildman–Crippen MR) is 77.0 cm³/mol. The van der Waals surface area contributed by atoms with Gasteiger partial charge in [0.1, 0.15) is 11.9 Å². The molecule has 0 spiro atoms. The average Bonchev–Trinajstić information content (AvgIpc) is 2.99. The van der Waals surface area contributed by atoms with Gasteiger partial charge >= 0.3 is 5.69 Å². The van der Waals surface area contributed by atoms with Crippen LogP contribution in [0, 0.1) is 11.3 Å². The van der Waals surface area contributed by atoms with Crippen LogP contribution in [0.4, 0.5) is 5.82 Å². The maximum Gasteiger partial charge on any atom is 0.332 e. The second-order valence-electron chi connectivity index (χ2n) is 4.65. The van der Waals surface area contributed by atoms with Crippen LogP contribution in [0.5, 0.6) is 0 Å². The molecule has 0 atom stereocenters. The Bertz CT molecular complexity index is 779. The van der Waals surface area contributed by atoms with Crippen LogP contribution in [0.3, 0.4) is 0 Å². The van der Waals surface area contributed by atoms with Crippen LogP contribution in [-0.4, -0.2) is 25.9 Å². The van der Waals surface area contributed by atoms with Crippen LogP contribution in [0.1, 0.15) is 17.7 Å². The average molecular weight is 288 g/mol. The molecule has 21 heavy (non-hydrogen) atoms. The maximum absolute atomic E-state index is 11.9. The summed E-state index contributed by atoms with van der Waals surface area (Å²) in [7, 11) is 2.88. The molecule has 0 amide bonds. The van der Waals surface area contributed by atoms with E-state index in [0.29, 0.717) is 6.54 Å². The summed E-state index contributed by atoms with van der Waals surface area (Å²) in [6.07, 6.45) is 3.24. The highest BCUT2D eigenvalue weighted by Gasteiger charge is 2.14. The van der Waals surface area contributed by atoms with Crippen molar-refractivity contribution in [2.75, 3.05) is 11.9 Å². The first-order valence-electron chi connectivity index (χ1n) is 6.48. The number of aryl methyl sites for hydroxylation is 1. The van der Waals surface area contributed by atoms with E-state index in [4.69, 9.17) is 5.26 Å². The van der Waals surface area contributed by atoms with Crippen LogP contribution in [0.2, 0.25) is 0 Å². The van der Waals surface area contributed by atoms with Crippen molar-refractivity contribution in [2.45, 2.75) is 12.8 Å². The van der Waals surface area contributed by atoms with Crippen molar-refractivity contribution < 1.29 is 0 Å². The van der Waals surface area contributed by atoms with Gasteiger partial charge in [0.2, 0.25) is 0 Å². The Hall–Kier alpha value is -2.82. The van der Waals surface area contributed by atoms with Gasteiger partial charge in [0.05, 0.1) is 0 Å². The number of H-pyrrole nitrogens is 1. The van der Waals surface area contributed by atoms with Gasteiger partial charge in [-0.3, -0.25) is 19.0 Å². The molecule has 0 aliphatic carbocycles. The number of hydrogen-bond donors (Lipinski definition) is 2. The van der Waals surface area contributed by atoms with Crippen LogP contribution >= 0.6 is 0 Å². The van der Waals surface area contributed by atoms with Gasteiger partial charge < -0.3 is 5.32 Å². The first-order chi connectivity index (χ1) is 10.1. The van der Waals surface area contributed by atoms with E-state index >= 15 is 0 Å². The number of hydrogen-bond acceptors (Lipinski definition) is 5. The van der Waals surface area contributed by atoms with Crippen molar-refractivity contribution in [1.29, 1.82) is 5.26 Å². The van der Waals surface area contributed by atoms with Crippen LogP contribution in [-0.2, 0) is 20.5 Å². The van der Waals surface area contributed by atoms with Crippen molar-refractivity contribution in [2.24, 2.45) is 14.1 Å². The lowest BCUT2D eigenvalue weighted by Crippen LogP contribution is -2.40. The summed E-state index contributed by atoms with van der Waals surface area (Å²) in [4.78, 5) is 23.7. The molecule has 2 aromatic rings. The largest absolute Gasteiger partial charge is 0.370 e. The highest BCUT2D eigenvalue weighted by atomic mass is 16.2. The standard InChI is InChI=1S/C13H16N6O2/c1-18-11(10(8-14)12(20)19(2)13(18)21)15-6-3-4-9-5-7-16-17-9/h5,7,15H,3-4,6H2,1-2H3,(H,16,17). The van der Waals surface area contributed by atoms with Crippen LogP contribution in [0.15, 0.2) is 21.9 Å². The lowest BCUT2D eigenvalue weighted by molar-refractivity contribution is 0.682. The maximum atomic E-state index is 11.9. The van der Waals surface area contributed by atoms with Crippen molar-refractivity contribution in [3.63, 3.8) is 0 Å². The fraction of sp³-hybridized carbons (Fsp3) is 0.385. The lowest BCUT2D eigenvalue weighted by Gasteiger charge is -2.13. The Labute approximate surface area is 120 Å². The zero-order valence-corrected chi connectivity index (χ0v) is 11.9. The number of aromatic amines is 1. The summed E-state index contributed by atoms with van der Waals surface area (Å²) < 4.78 is 2.20. The number of nitrogens with one attached hydrogen (secondary N) is 2. The zero-order chi connectivity index (χ0) is 15.4. The summed E-state index contributed by atoms with van der Waals surface area (Å²) in [5, 5.41) is 18.8. The van der Waals surface area contributed by atoms with Gasteiger partial charge in [-0.15, -0.1) is 0 Å². The predicted octanol–water partition coefficient (Wildman–Crippen LogP) is -0.277. The summed E-state index contributed by atoms with van der Waals surface area (Å²) >= 11 is 0. The SMILES string of the molecule is Cn1c(NCCCc2ccn[nH]2)c(C#N)c(=O)n(C)c1=O. The molecule has 0 saturated carbocycles. The van der Waals surface area contributed by atoms with Crippen molar-refractivity contribution in [1.82, 2.24) is 19.3 Å². The van der Waals surface area contributed by atoms with Crippen molar-refractivity contribution in [3.05, 3.63) is 44.4 Å². The lowest BCUT2D eigenvalue weighted by atomic mass is 10.2. The highest BCUT2D eigenvalue weighted by Crippen LogP contribution is 2.07. The molecule has 0 aromatic carbocycles. The molecule has 110 valence electrons. The van der Waals surface area contributed by atoms with Gasteiger partial charge in [-0.1, -0.05) is 0 Å². The fourth-order valence-electron chi connectivity index (χ4n) is 2.06. The van der Waals surface area contributed by atoms with Crippen LogP contribution < -0.4 is 16.6 Å². The molecule has 2 N–H and O–H groups in total. The topological polar surface area (TPSA) is 108 Å². The summed E-state index contributed by atoms with van der Waals surface area (Å²) in [6.45, 7) is 0.536. The third kappa shape index (κ3) is 2.86. The molecule has 0 aliphatic heterocycles. The zero-order valence-electron chi connectivity index (χ0n) is 11.9. The molecule has 0 fully saturated rings. The fourth-order valence-corrected chi connectivity index (χ4v) is 2.06. The van der Waals surface area contributed by atoms with Gasteiger partial charge in [0.25, 0.3) is 5.56 Å². The van der Waals surface area contributed by atoms with Gasteiger partial charge in [-0.25, -0.2) is 4.79 Å². The Morgan fingerprint density at radius 3 is 2.76 bits per heavy atom. The number of anilines is 1. The number of aromatic nitrogens is 4. The molecule has 0 saturated heterocycles. The quantitative estimate of drug-likeness (QED) is 0.736. The monoisotopic (exact) mass is 288 g/mol.